The Morgan fingerprint density at radius 1 is 1.32 bits per heavy atom. The molecular formula is C26H26F3N5O4. The molecule has 0 bridgehead atoms. The van der Waals surface area contributed by atoms with E-state index >= 15 is 0 Å². The van der Waals surface area contributed by atoms with Crippen molar-refractivity contribution in [2.45, 2.75) is 63.3 Å². The standard InChI is InChI=1S/C26H26F3N5O4/c27-26(28,29)13-38-17-3-4-18-16(9-17)5-7-25(18)10-19-22(24(36)32-25)21(34(33-19)8-6-15-1-2-15)11-30-23(35)20-12-37-14-31-20/h3-4,9,12,14-15H,1-2,5-8,10-11,13H2,(H,30,35)(H,32,36)/t25-/m0/s1. The van der Waals surface area contributed by atoms with Crippen molar-refractivity contribution in [1.82, 2.24) is 25.4 Å². The summed E-state index contributed by atoms with van der Waals surface area (Å²) in [5.41, 5.74) is 2.92. The number of aryl methyl sites for hydroxylation is 2. The van der Waals surface area contributed by atoms with Gasteiger partial charge in [-0.3, -0.25) is 14.3 Å². The van der Waals surface area contributed by atoms with Gasteiger partial charge in [0.15, 0.2) is 18.7 Å². The lowest BCUT2D eigenvalue weighted by Crippen LogP contribution is -2.50. The Bertz CT molecular complexity index is 1380. The van der Waals surface area contributed by atoms with E-state index in [9.17, 15) is 22.8 Å². The molecule has 9 nitrogen and oxygen atoms in total. The number of rotatable bonds is 8. The van der Waals surface area contributed by atoms with E-state index in [1.54, 1.807) is 12.1 Å². The number of hydrogen-bond donors (Lipinski definition) is 2. The highest BCUT2D eigenvalue weighted by atomic mass is 19.4. The SMILES string of the molecule is O=C(NCc1c2c(nn1CCC1CC1)C[C@]1(CCc3cc(OCC(F)(F)F)ccc31)NC2=O)c1cocn1. The minimum Gasteiger partial charge on any atom is -0.484 e. The summed E-state index contributed by atoms with van der Waals surface area (Å²) in [4.78, 5) is 29.9. The number of hydrogen-bond acceptors (Lipinski definition) is 6. The number of carbonyl (C=O) groups excluding carboxylic acids is 2. The maximum Gasteiger partial charge on any atom is 0.422 e. The van der Waals surface area contributed by atoms with Crippen molar-refractivity contribution in [3.8, 4) is 5.75 Å². The zero-order valence-electron chi connectivity index (χ0n) is 20.4. The normalized spacial score (nSPS) is 20.2. The van der Waals surface area contributed by atoms with Crippen molar-refractivity contribution in [3.05, 3.63) is 64.6 Å². The van der Waals surface area contributed by atoms with Gasteiger partial charge in [-0.2, -0.15) is 18.3 Å². The largest absolute Gasteiger partial charge is 0.484 e. The minimum absolute atomic E-state index is 0.107. The van der Waals surface area contributed by atoms with Crippen LogP contribution in [0.15, 0.2) is 35.3 Å². The molecular weight excluding hydrogens is 503 g/mol. The smallest absolute Gasteiger partial charge is 0.422 e. The second-order valence-corrected chi connectivity index (χ2v) is 10.2. The van der Waals surface area contributed by atoms with Gasteiger partial charge in [0, 0.05) is 13.0 Å². The first-order valence-electron chi connectivity index (χ1n) is 12.6. The number of halogens is 3. The van der Waals surface area contributed by atoms with Crippen LogP contribution in [0.1, 0.15) is 69.0 Å². The predicted octanol–water partition coefficient (Wildman–Crippen LogP) is 3.67. The molecule has 2 N–H and O–H groups in total. The number of ether oxygens (including phenoxy) is 1. The number of nitrogens with one attached hydrogen (secondary N) is 2. The lowest BCUT2D eigenvalue weighted by molar-refractivity contribution is -0.153. The summed E-state index contributed by atoms with van der Waals surface area (Å²) < 4.78 is 49.4. The highest BCUT2D eigenvalue weighted by molar-refractivity contribution is 5.99. The van der Waals surface area contributed by atoms with E-state index < -0.39 is 24.2 Å². The van der Waals surface area contributed by atoms with Gasteiger partial charge >= 0.3 is 6.18 Å². The van der Waals surface area contributed by atoms with E-state index in [1.165, 1.54) is 31.6 Å². The summed E-state index contributed by atoms with van der Waals surface area (Å²) in [6, 6.07) is 4.87. The Morgan fingerprint density at radius 3 is 2.89 bits per heavy atom. The molecule has 1 aliphatic heterocycles. The summed E-state index contributed by atoms with van der Waals surface area (Å²) in [6.07, 6.45) is 2.98. The second kappa shape index (κ2) is 9.17. The van der Waals surface area contributed by atoms with Crippen molar-refractivity contribution in [1.29, 1.82) is 0 Å². The van der Waals surface area contributed by atoms with Crippen LogP contribution in [0.2, 0.25) is 0 Å². The molecule has 0 radical (unpaired) electrons. The molecule has 6 rings (SSSR count). The number of carbonyl (C=O) groups is 2. The summed E-state index contributed by atoms with van der Waals surface area (Å²) in [5, 5.41) is 10.8. The van der Waals surface area contributed by atoms with Crippen LogP contribution in [0.4, 0.5) is 13.2 Å². The molecule has 2 amide bonds. The van der Waals surface area contributed by atoms with Gasteiger partial charge in [-0.15, -0.1) is 0 Å². The number of oxazole rings is 1. The van der Waals surface area contributed by atoms with E-state index in [0.29, 0.717) is 48.7 Å². The molecule has 200 valence electrons. The average Bonchev–Trinajstić information content (AvgIpc) is 3.26. The number of benzene rings is 1. The predicted molar refractivity (Wildman–Crippen MR) is 126 cm³/mol. The first-order chi connectivity index (χ1) is 18.2. The lowest BCUT2D eigenvalue weighted by Gasteiger charge is -2.35. The molecule has 1 fully saturated rings. The van der Waals surface area contributed by atoms with Crippen LogP contribution >= 0.6 is 0 Å². The van der Waals surface area contributed by atoms with Gasteiger partial charge in [-0.05, 0) is 48.4 Å². The van der Waals surface area contributed by atoms with E-state index in [-0.39, 0.29) is 23.9 Å². The number of aromatic nitrogens is 3. The third kappa shape index (κ3) is 4.74. The molecule has 1 spiro atoms. The maximum absolute atomic E-state index is 13.5. The fourth-order valence-corrected chi connectivity index (χ4v) is 5.50. The molecule has 12 heteroatoms. The highest BCUT2D eigenvalue weighted by Gasteiger charge is 2.46. The zero-order valence-corrected chi connectivity index (χ0v) is 20.4. The molecule has 1 aromatic carbocycles. The number of nitrogens with zero attached hydrogens (tertiary/aromatic N) is 3. The van der Waals surface area contributed by atoms with Crippen molar-refractivity contribution in [3.63, 3.8) is 0 Å². The van der Waals surface area contributed by atoms with Gasteiger partial charge in [-0.1, -0.05) is 18.9 Å². The molecule has 3 heterocycles. The van der Waals surface area contributed by atoms with Gasteiger partial charge in [0.05, 0.1) is 29.0 Å². The quantitative estimate of drug-likeness (QED) is 0.461. The van der Waals surface area contributed by atoms with Crippen molar-refractivity contribution in [2.75, 3.05) is 6.61 Å². The molecule has 3 aromatic rings. The monoisotopic (exact) mass is 529 g/mol. The number of alkyl halides is 3. The lowest BCUT2D eigenvalue weighted by atomic mass is 9.82. The van der Waals surface area contributed by atoms with E-state index in [4.69, 9.17) is 14.3 Å². The van der Waals surface area contributed by atoms with Crippen LogP contribution in [0.3, 0.4) is 0 Å². The Labute approximate surface area is 215 Å². The van der Waals surface area contributed by atoms with Gasteiger partial charge in [0.2, 0.25) is 0 Å². The second-order valence-electron chi connectivity index (χ2n) is 10.2. The van der Waals surface area contributed by atoms with Crippen LogP contribution < -0.4 is 15.4 Å². The molecule has 2 aliphatic carbocycles. The Kier molecular flexibility index (Phi) is 5.92. The number of fused-ring (bicyclic) bond motifs is 3. The third-order valence-corrected chi connectivity index (χ3v) is 7.52. The van der Waals surface area contributed by atoms with Crippen LogP contribution in [0, 0.1) is 5.92 Å². The third-order valence-electron chi connectivity index (χ3n) is 7.52. The molecule has 1 atom stereocenters. The first-order valence-corrected chi connectivity index (χ1v) is 12.6. The van der Waals surface area contributed by atoms with Crippen LogP contribution in [0.25, 0.3) is 0 Å². The topological polar surface area (TPSA) is 111 Å². The summed E-state index contributed by atoms with van der Waals surface area (Å²) in [5.74, 6) is 0.114. The van der Waals surface area contributed by atoms with Crippen LogP contribution in [0.5, 0.6) is 5.75 Å². The van der Waals surface area contributed by atoms with E-state index in [0.717, 1.165) is 17.5 Å². The van der Waals surface area contributed by atoms with E-state index in [1.807, 2.05) is 4.68 Å². The Balaban J connectivity index is 1.26. The maximum atomic E-state index is 13.5. The van der Waals surface area contributed by atoms with Gasteiger partial charge in [0.1, 0.15) is 12.0 Å². The van der Waals surface area contributed by atoms with Gasteiger partial charge < -0.3 is 19.8 Å². The zero-order chi connectivity index (χ0) is 26.5. The highest BCUT2D eigenvalue weighted by Crippen LogP contribution is 2.44. The van der Waals surface area contributed by atoms with Crippen molar-refractivity contribution >= 4 is 11.8 Å². The summed E-state index contributed by atoms with van der Waals surface area (Å²) >= 11 is 0. The molecule has 38 heavy (non-hydrogen) atoms. The Hall–Kier alpha value is -3.83. The van der Waals surface area contributed by atoms with Crippen molar-refractivity contribution in [2.24, 2.45) is 5.92 Å². The molecule has 1 saturated carbocycles. The molecule has 2 aromatic heterocycles. The molecule has 3 aliphatic rings. The van der Waals surface area contributed by atoms with Gasteiger partial charge in [-0.25, -0.2) is 4.98 Å². The van der Waals surface area contributed by atoms with Crippen LogP contribution in [-0.2, 0) is 31.5 Å². The number of amides is 2. The fraction of sp³-hybridized carbons (Fsp3) is 0.462. The molecule has 0 unspecified atom stereocenters. The summed E-state index contributed by atoms with van der Waals surface area (Å²) in [6.45, 7) is -0.607. The fourth-order valence-electron chi connectivity index (χ4n) is 5.50. The average molecular weight is 530 g/mol. The molecule has 0 saturated heterocycles. The summed E-state index contributed by atoms with van der Waals surface area (Å²) in [7, 11) is 0. The van der Waals surface area contributed by atoms with E-state index in [2.05, 4.69) is 15.6 Å². The van der Waals surface area contributed by atoms with Crippen molar-refractivity contribution < 1.29 is 31.9 Å². The van der Waals surface area contributed by atoms with Gasteiger partial charge in [0.25, 0.3) is 11.8 Å². The first kappa shape index (κ1) is 24.5. The Morgan fingerprint density at radius 2 is 2.16 bits per heavy atom. The minimum atomic E-state index is -4.42. The van der Waals surface area contributed by atoms with Crippen LogP contribution in [-0.4, -0.2) is 39.4 Å².